The van der Waals surface area contributed by atoms with Gasteiger partial charge in [0, 0.05) is 12.6 Å². The van der Waals surface area contributed by atoms with E-state index in [1.54, 1.807) is 0 Å². The van der Waals surface area contributed by atoms with Gasteiger partial charge in [0.2, 0.25) is 0 Å². The average molecular weight is 456 g/mol. The molecule has 0 spiro atoms. The highest BCUT2D eigenvalue weighted by Gasteiger charge is 2.45. The molecule has 2 N–H and O–H groups in total. The third kappa shape index (κ3) is 4.88. The minimum absolute atomic E-state index is 0.00386. The highest BCUT2D eigenvalue weighted by molar-refractivity contribution is 5.38. The molecule has 1 saturated heterocycles. The smallest absolute Gasteiger partial charge is 0.118 e. The van der Waals surface area contributed by atoms with E-state index in [9.17, 15) is 10.2 Å². The molecular formula is C31H37NO2. The Morgan fingerprint density at radius 3 is 2.15 bits per heavy atom. The maximum Gasteiger partial charge on any atom is 0.118 e. The van der Waals surface area contributed by atoms with Crippen LogP contribution in [0.2, 0.25) is 0 Å². The molecule has 34 heavy (non-hydrogen) atoms. The largest absolute Gasteiger partial charge is 0.380 e. The third-order valence-electron chi connectivity index (χ3n) is 7.37. The van der Waals surface area contributed by atoms with Gasteiger partial charge in [-0.15, -0.1) is 6.58 Å². The first-order valence-corrected chi connectivity index (χ1v) is 12.6. The Balaban J connectivity index is 1.78. The zero-order chi connectivity index (χ0) is 24.0. The van der Waals surface area contributed by atoms with E-state index in [1.165, 1.54) is 11.1 Å². The first kappa shape index (κ1) is 24.4. The molecule has 0 aromatic heterocycles. The quantitative estimate of drug-likeness (QED) is 0.376. The number of hydrogen-bond acceptors (Lipinski definition) is 3. The summed E-state index contributed by atoms with van der Waals surface area (Å²) in [5, 5.41) is 23.5. The van der Waals surface area contributed by atoms with Crippen molar-refractivity contribution in [3.05, 3.63) is 120 Å². The fourth-order valence-electron chi connectivity index (χ4n) is 5.67. The first-order chi connectivity index (χ1) is 16.6. The van der Waals surface area contributed by atoms with Crippen molar-refractivity contribution in [3.8, 4) is 0 Å². The number of aliphatic hydroxyl groups is 2. The van der Waals surface area contributed by atoms with Crippen LogP contribution in [0.25, 0.3) is 0 Å². The molecule has 3 heteroatoms. The average Bonchev–Trinajstić information content (AvgIpc) is 2.89. The molecular weight excluding hydrogens is 418 g/mol. The van der Waals surface area contributed by atoms with Crippen LogP contribution in [0.3, 0.4) is 0 Å². The van der Waals surface area contributed by atoms with Gasteiger partial charge >= 0.3 is 0 Å². The minimum atomic E-state index is -1.10. The molecule has 0 saturated carbocycles. The predicted octanol–water partition coefficient (Wildman–Crippen LogP) is 6.22. The van der Waals surface area contributed by atoms with E-state index in [-0.39, 0.29) is 12.0 Å². The van der Waals surface area contributed by atoms with Crippen molar-refractivity contribution in [2.75, 3.05) is 6.54 Å². The molecule has 178 valence electrons. The third-order valence-corrected chi connectivity index (χ3v) is 7.37. The Morgan fingerprint density at radius 2 is 1.56 bits per heavy atom. The zero-order valence-corrected chi connectivity index (χ0v) is 20.2. The van der Waals surface area contributed by atoms with Crippen LogP contribution in [0.5, 0.6) is 0 Å². The maximum absolute atomic E-state index is 12.4. The number of benzene rings is 3. The Bertz CT molecular complexity index is 1010. The van der Waals surface area contributed by atoms with Crippen LogP contribution in [0.15, 0.2) is 97.6 Å². The van der Waals surface area contributed by atoms with Crippen LogP contribution in [0.1, 0.15) is 60.9 Å². The summed E-state index contributed by atoms with van der Waals surface area (Å²) < 4.78 is 0. The standard InChI is InChI=1S/C31H37NO2/c1-3-13-24-15-11-12-20-28(24)29-23-27(21-22-32(29)30(33)14-4-2)31(34,25-16-7-5-8-17-25)26-18-9-6-10-19-26/h3,5-12,15-20,27,29-30,33-34H,1,4,13-14,21-23H2,2H3. The van der Waals surface area contributed by atoms with E-state index in [2.05, 4.69) is 42.7 Å². The van der Waals surface area contributed by atoms with Crippen LogP contribution in [0.4, 0.5) is 0 Å². The second kappa shape index (κ2) is 11.1. The topological polar surface area (TPSA) is 43.7 Å². The molecule has 4 rings (SSSR count). The summed E-state index contributed by atoms with van der Waals surface area (Å²) in [7, 11) is 0. The number of allylic oxidation sites excluding steroid dienone is 1. The SMILES string of the molecule is C=CCc1ccccc1C1CC(C(O)(c2ccccc2)c2ccccc2)CCN1C(O)CCC. The van der Waals surface area contributed by atoms with Crippen LogP contribution >= 0.6 is 0 Å². The van der Waals surface area contributed by atoms with Crippen LogP contribution in [-0.2, 0) is 12.0 Å². The minimum Gasteiger partial charge on any atom is -0.380 e. The molecule has 0 radical (unpaired) electrons. The van der Waals surface area contributed by atoms with Crippen LogP contribution in [-0.4, -0.2) is 27.9 Å². The Labute approximate surface area is 204 Å². The monoisotopic (exact) mass is 455 g/mol. The number of likely N-dealkylation sites (tertiary alicyclic amines) is 1. The van der Waals surface area contributed by atoms with E-state index in [0.29, 0.717) is 0 Å². The molecule has 1 heterocycles. The molecule has 0 amide bonds. The van der Waals surface area contributed by atoms with Gasteiger partial charge in [-0.25, -0.2) is 0 Å². The van der Waals surface area contributed by atoms with E-state index >= 15 is 0 Å². The molecule has 3 aromatic carbocycles. The second-order valence-corrected chi connectivity index (χ2v) is 9.43. The molecule has 1 aliphatic heterocycles. The lowest BCUT2D eigenvalue weighted by Crippen LogP contribution is -2.49. The molecule has 3 unspecified atom stereocenters. The lowest BCUT2D eigenvalue weighted by Gasteiger charge is -2.48. The summed E-state index contributed by atoms with van der Waals surface area (Å²) in [6.45, 7) is 6.80. The summed E-state index contributed by atoms with van der Waals surface area (Å²) in [5.41, 5.74) is 3.21. The lowest BCUT2D eigenvalue weighted by molar-refractivity contribution is -0.0895. The Kier molecular flexibility index (Phi) is 7.99. The number of aliphatic hydroxyl groups excluding tert-OH is 1. The summed E-state index contributed by atoms with van der Waals surface area (Å²) in [6, 6.07) is 28.6. The molecule has 1 aliphatic rings. The molecule has 0 aliphatic carbocycles. The molecule has 3 nitrogen and oxygen atoms in total. The highest BCUT2D eigenvalue weighted by Crippen LogP contribution is 2.47. The van der Waals surface area contributed by atoms with Gasteiger partial charge in [0.15, 0.2) is 0 Å². The molecule has 3 aromatic rings. The van der Waals surface area contributed by atoms with Gasteiger partial charge in [0.1, 0.15) is 11.8 Å². The maximum atomic E-state index is 12.4. The van der Waals surface area contributed by atoms with Gasteiger partial charge in [-0.3, -0.25) is 4.90 Å². The summed E-state index contributed by atoms with van der Waals surface area (Å²) in [5.74, 6) is 0.00386. The van der Waals surface area contributed by atoms with Crippen LogP contribution in [0, 0.1) is 5.92 Å². The number of nitrogens with zero attached hydrogens (tertiary/aromatic N) is 1. The van der Waals surface area contributed by atoms with Crippen molar-refractivity contribution in [1.82, 2.24) is 4.90 Å². The molecule has 3 atom stereocenters. The van der Waals surface area contributed by atoms with Gasteiger partial charge in [-0.05, 0) is 53.9 Å². The summed E-state index contributed by atoms with van der Waals surface area (Å²) in [6.07, 6.45) is 5.48. The van der Waals surface area contributed by atoms with Gasteiger partial charge in [-0.1, -0.05) is 104 Å². The molecule has 1 fully saturated rings. The van der Waals surface area contributed by atoms with Gasteiger partial charge in [0.25, 0.3) is 0 Å². The fraction of sp³-hybridized carbons (Fsp3) is 0.355. The van der Waals surface area contributed by atoms with Crippen molar-refractivity contribution in [3.63, 3.8) is 0 Å². The van der Waals surface area contributed by atoms with E-state index in [0.717, 1.165) is 49.8 Å². The predicted molar refractivity (Wildman–Crippen MR) is 139 cm³/mol. The molecule has 0 bridgehead atoms. The summed E-state index contributed by atoms with van der Waals surface area (Å²) >= 11 is 0. The van der Waals surface area contributed by atoms with E-state index in [1.807, 2.05) is 66.7 Å². The van der Waals surface area contributed by atoms with Crippen molar-refractivity contribution in [2.45, 2.75) is 56.9 Å². The van der Waals surface area contributed by atoms with E-state index in [4.69, 9.17) is 0 Å². The normalized spacial score (nSPS) is 20.1. The van der Waals surface area contributed by atoms with Crippen molar-refractivity contribution >= 4 is 0 Å². The van der Waals surface area contributed by atoms with Gasteiger partial charge in [0.05, 0.1) is 0 Å². The second-order valence-electron chi connectivity index (χ2n) is 9.43. The van der Waals surface area contributed by atoms with Crippen molar-refractivity contribution < 1.29 is 10.2 Å². The fourth-order valence-corrected chi connectivity index (χ4v) is 5.67. The first-order valence-electron chi connectivity index (χ1n) is 12.6. The van der Waals surface area contributed by atoms with Crippen molar-refractivity contribution in [1.29, 1.82) is 0 Å². The van der Waals surface area contributed by atoms with Crippen molar-refractivity contribution in [2.24, 2.45) is 5.92 Å². The van der Waals surface area contributed by atoms with E-state index < -0.39 is 11.8 Å². The summed E-state index contributed by atoms with van der Waals surface area (Å²) in [4.78, 5) is 2.25. The number of hydrogen-bond donors (Lipinski definition) is 2. The Hall–Kier alpha value is -2.72. The van der Waals surface area contributed by atoms with Gasteiger partial charge in [-0.2, -0.15) is 0 Å². The lowest BCUT2D eigenvalue weighted by atomic mass is 9.69. The Morgan fingerprint density at radius 1 is 0.971 bits per heavy atom. The number of piperidine rings is 1. The van der Waals surface area contributed by atoms with Crippen LogP contribution < -0.4 is 0 Å². The number of rotatable bonds is 9. The highest BCUT2D eigenvalue weighted by atomic mass is 16.3. The zero-order valence-electron chi connectivity index (χ0n) is 20.2. The van der Waals surface area contributed by atoms with Gasteiger partial charge < -0.3 is 10.2 Å².